The van der Waals surface area contributed by atoms with Gasteiger partial charge in [0.1, 0.15) is 0 Å². The second-order valence-corrected chi connectivity index (χ2v) is 5.65. The molecule has 0 unspecified atom stereocenters. The maximum absolute atomic E-state index is 11.7. The number of hydrogen-bond donors (Lipinski definition) is 2. The molecular formula is C17H27N3O. The topological polar surface area (TPSA) is 44.4 Å². The van der Waals surface area contributed by atoms with Crippen LogP contribution in [0.3, 0.4) is 0 Å². The van der Waals surface area contributed by atoms with E-state index in [2.05, 4.69) is 46.7 Å². The van der Waals surface area contributed by atoms with Gasteiger partial charge in [-0.05, 0) is 43.5 Å². The highest BCUT2D eigenvalue weighted by Crippen LogP contribution is 2.21. The van der Waals surface area contributed by atoms with Crippen LogP contribution in [-0.4, -0.2) is 32.1 Å². The first-order valence-electron chi connectivity index (χ1n) is 8.15. The summed E-state index contributed by atoms with van der Waals surface area (Å²) in [5.41, 5.74) is 2.28. The van der Waals surface area contributed by atoms with E-state index in [9.17, 15) is 4.79 Å². The third kappa shape index (κ3) is 5.29. The van der Waals surface area contributed by atoms with Crippen molar-refractivity contribution in [3.05, 3.63) is 24.3 Å². The summed E-state index contributed by atoms with van der Waals surface area (Å²) >= 11 is 0. The molecule has 1 aliphatic rings. The van der Waals surface area contributed by atoms with Gasteiger partial charge in [0.25, 0.3) is 0 Å². The zero-order valence-electron chi connectivity index (χ0n) is 13.0. The summed E-state index contributed by atoms with van der Waals surface area (Å²) in [6.45, 7) is 5.60. The lowest BCUT2D eigenvalue weighted by atomic mass is 10.2. The lowest BCUT2D eigenvalue weighted by Crippen LogP contribution is -2.30. The predicted molar refractivity (Wildman–Crippen MR) is 88.9 cm³/mol. The van der Waals surface area contributed by atoms with Gasteiger partial charge in [0, 0.05) is 31.0 Å². The zero-order chi connectivity index (χ0) is 14.9. The molecule has 0 aliphatic carbocycles. The number of nitrogens with zero attached hydrogens (tertiary/aromatic N) is 1. The Bertz CT molecular complexity index is 424. The molecule has 1 heterocycles. The zero-order valence-corrected chi connectivity index (χ0v) is 13.0. The molecule has 2 rings (SSSR count). The molecule has 2 N–H and O–H groups in total. The van der Waals surface area contributed by atoms with Crippen molar-refractivity contribution < 1.29 is 4.79 Å². The Hall–Kier alpha value is -1.71. The van der Waals surface area contributed by atoms with Crippen molar-refractivity contribution in [3.63, 3.8) is 0 Å². The minimum atomic E-state index is 0.0646. The molecule has 1 aromatic rings. The van der Waals surface area contributed by atoms with Crippen LogP contribution in [0, 0.1) is 0 Å². The van der Waals surface area contributed by atoms with Crippen molar-refractivity contribution in [2.75, 3.05) is 36.4 Å². The Kier molecular flexibility index (Phi) is 6.38. The number of carbonyl (C=O) groups is 1. The van der Waals surface area contributed by atoms with Crippen LogP contribution >= 0.6 is 0 Å². The van der Waals surface area contributed by atoms with Crippen molar-refractivity contribution in [2.24, 2.45) is 0 Å². The van der Waals surface area contributed by atoms with Gasteiger partial charge in [-0.15, -0.1) is 0 Å². The molecule has 116 valence electrons. The van der Waals surface area contributed by atoms with Gasteiger partial charge in [-0.1, -0.05) is 19.8 Å². The molecule has 0 saturated carbocycles. The summed E-state index contributed by atoms with van der Waals surface area (Å²) in [6.07, 6.45) is 5.99. The van der Waals surface area contributed by atoms with Gasteiger partial charge < -0.3 is 15.5 Å². The first-order valence-corrected chi connectivity index (χ1v) is 8.15. The Morgan fingerprint density at radius 2 is 1.86 bits per heavy atom. The number of benzene rings is 1. The third-order valence-corrected chi connectivity index (χ3v) is 3.89. The van der Waals surface area contributed by atoms with E-state index in [4.69, 9.17) is 0 Å². The van der Waals surface area contributed by atoms with E-state index >= 15 is 0 Å². The van der Waals surface area contributed by atoms with E-state index < -0.39 is 0 Å². The number of unbranched alkanes of at least 4 members (excludes halogenated alkanes) is 2. The number of rotatable bonds is 8. The quantitative estimate of drug-likeness (QED) is 0.723. The average molecular weight is 289 g/mol. The minimum absolute atomic E-state index is 0.0646. The Balaban J connectivity index is 1.69. The second-order valence-electron chi connectivity index (χ2n) is 5.65. The Labute approximate surface area is 127 Å². The summed E-state index contributed by atoms with van der Waals surface area (Å²) in [7, 11) is 0. The van der Waals surface area contributed by atoms with Crippen LogP contribution in [0.5, 0.6) is 0 Å². The Morgan fingerprint density at radius 3 is 2.52 bits per heavy atom. The first kappa shape index (κ1) is 15.7. The lowest BCUT2D eigenvalue weighted by molar-refractivity contribution is -0.119. The van der Waals surface area contributed by atoms with Crippen molar-refractivity contribution in [3.8, 4) is 0 Å². The van der Waals surface area contributed by atoms with Gasteiger partial charge in [-0.3, -0.25) is 4.79 Å². The molecule has 1 fully saturated rings. The molecule has 0 aromatic heterocycles. The summed E-state index contributed by atoms with van der Waals surface area (Å²) in [5.74, 6) is 0.0646. The second kappa shape index (κ2) is 8.55. The van der Waals surface area contributed by atoms with Gasteiger partial charge in [0.05, 0.1) is 6.54 Å². The van der Waals surface area contributed by atoms with Gasteiger partial charge in [-0.2, -0.15) is 0 Å². The normalized spacial score (nSPS) is 14.2. The van der Waals surface area contributed by atoms with Crippen LogP contribution in [-0.2, 0) is 4.79 Å². The standard InChI is InChI=1S/C17H27N3O/c1-2-3-4-11-18-17(21)14-19-15-7-9-16(10-8-15)20-12-5-6-13-20/h7-10,19H,2-6,11-14H2,1H3,(H,18,21). The van der Waals surface area contributed by atoms with Crippen molar-refractivity contribution in [1.29, 1.82) is 0 Å². The SMILES string of the molecule is CCCCCNC(=O)CNc1ccc(N2CCCC2)cc1. The van der Waals surface area contributed by atoms with E-state index in [0.717, 1.165) is 31.7 Å². The number of nitrogens with one attached hydrogen (secondary N) is 2. The third-order valence-electron chi connectivity index (χ3n) is 3.89. The molecule has 21 heavy (non-hydrogen) atoms. The van der Waals surface area contributed by atoms with Crippen LogP contribution in [0.4, 0.5) is 11.4 Å². The molecule has 0 radical (unpaired) electrons. The van der Waals surface area contributed by atoms with Crippen molar-refractivity contribution >= 4 is 17.3 Å². The number of anilines is 2. The fourth-order valence-electron chi connectivity index (χ4n) is 2.61. The van der Waals surface area contributed by atoms with Gasteiger partial charge in [0.15, 0.2) is 0 Å². The highest BCUT2D eigenvalue weighted by atomic mass is 16.1. The predicted octanol–water partition coefficient (Wildman–Crippen LogP) is 3.01. The summed E-state index contributed by atoms with van der Waals surface area (Å²) in [4.78, 5) is 14.1. The molecule has 1 amide bonds. The van der Waals surface area contributed by atoms with Crippen LogP contribution in [0.2, 0.25) is 0 Å². The lowest BCUT2D eigenvalue weighted by Gasteiger charge is -2.18. The average Bonchev–Trinajstić information content (AvgIpc) is 3.04. The van der Waals surface area contributed by atoms with Gasteiger partial charge >= 0.3 is 0 Å². The van der Waals surface area contributed by atoms with E-state index in [1.807, 2.05) is 0 Å². The summed E-state index contributed by atoms with van der Waals surface area (Å²) < 4.78 is 0. The molecule has 4 nitrogen and oxygen atoms in total. The smallest absolute Gasteiger partial charge is 0.239 e. The van der Waals surface area contributed by atoms with Crippen molar-refractivity contribution in [2.45, 2.75) is 39.0 Å². The fraction of sp³-hybridized carbons (Fsp3) is 0.588. The van der Waals surface area contributed by atoms with Crippen LogP contribution in [0.15, 0.2) is 24.3 Å². The number of hydrogen-bond acceptors (Lipinski definition) is 3. The van der Waals surface area contributed by atoms with E-state index in [1.165, 1.54) is 31.4 Å². The molecule has 1 aromatic carbocycles. The number of carbonyl (C=O) groups excluding carboxylic acids is 1. The van der Waals surface area contributed by atoms with Gasteiger partial charge in [-0.25, -0.2) is 0 Å². The number of amides is 1. The van der Waals surface area contributed by atoms with E-state index in [1.54, 1.807) is 0 Å². The summed E-state index contributed by atoms with van der Waals surface area (Å²) in [6, 6.07) is 8.37. The van der Waals surface area contributed by atoms with E-state index in [0.29, 0.717) is 6.54 Å². The van der Waals surface area contributed by atoms with Crippen LogP contribution < -0.4 is 15.5 Å². The first-order chi connectivity index (χ1) is 10.3. The highest BCUT2D eigenvalue weighted by Gasteiger charge is 2.11. The van der Waals surface area contributed by atoms with Crippen LogP contribution in [0.1, 0.15) is 39.0 Å². The highest BCUT2D eigenvalue weighted by molar-refractivity contribution is 5.80. The molecule has 0 spiro atoms. The molecule has 4 heteroatoms. The van der Waals surface area contributed by atoms with Crippen LogP contribution in [0.25, 0.3) is 0 Å². The largest absolute Gasteiger partial charge is 0.376 e. The molecule has 1 saturated heterocycles. The maximum atomic E-state index is 11.7. The minimum Gasteiger partial charge on any atom is -0.376 e. The fourth-order valence-corrected chi connectivity index (χ4v) is 2.61. The maximum Gasteiger partial charge on any atom is 0.239 e. The van der Waals surface area contributed by atoms with Crippen molar-refractivity contribution in [1.82, 2.24) is 5.32 Å². The monoisotopic (exact) mass is 289 g/mol. The molecule has 0 atom stereocenters. The summed E-state index contributed by atoms with van der Waals surface area (Å²) in [5, 5.41) is 6.11. The molecule has 1 aliphatic heterocycles. The van der Waals surface area contributed by atoms with Gasteiger partial charge in [0.2, 0.25) is 5.91 Å². The molecular weight excluding hydrogens is 262 g/mol. The Morgan fingerprint density at radius 1 is 1.14 bits per heavy atom. The van der Waals surface area contributed by atoms with E-state index in [-0.39, 0.29) is 5.91 Å². The molecule has 0 bridgehead atoms.